The minimum Gasteiger partial charge on any atom is -0.462 e. The van der Waals surface area contributed by atoms with Gasteiger partial charge in [-0.25, -0.2) is 4.57 Å². The van der Waals surface area contributed by atoms with E-state index in [0.717, 1.165) is 77.0 Å². The second-order valence-electron chi connectivity index (χ2n) is 22.0. The number of carbonyl (C=O) groups excluding carboxylic acids is 2. The molecule has 0 aromatic rings. The van der Waals surface area contributed by atoms with Gasteiger partial charge in [-0.3, -0.25) is 18.6 Å². The van der Waals surface area contributed by atoms with Crippen LogP contribution in [-0.4, -0.2) is 74.9 Å². The molecular formula is C68H119NO8P+. The Kier molecular flexibility index (Phi) is 55.8. The number of esters is 2. The molecule has 2 atom stereocenters. The molecule has 2 unspecified atom stereocenters. The molecule has 0 amide bonds. The first kappa shape index (κ1) is 74.7. The number of ether oxygens (including phenoxy) is 2. The molecule has 10 heteroatoms. The van der Waals surface area contributed by atoms with Gasteiger partial charge >= 0.3 is 19.8 Å². The number of nitrogens with zero attached hydrogens (tertiary/aromatic N) is 1. The molecule has 0 aliphatic rings. The number of likely N-dealkylation sites (N-methyl/N-ethyl adjacent to an activating group) is 1. The minimum absolute atomic E-state index is 0.0177. The molecule has 0 saturated heterocycles. The third-order valence-electron chi connectivity index (χ3n) is 13.3. The first-order chi connectivity index (χ1) is 38.0. The predicted molar refractivity (Wildman–Crippen MR) is 335 cm³/mol. The maximum atomic E-state index is 12.8. The fourth-order valence-corrected chi connectivity index (χ4v) is 9.26. The van der Waals surface area contributed by atoms with Crippen LogP contribution < -0.4 is 0 Å². The van der Waals surface area contributed by atoms with Crippen LogP contribution in [0, 0.1) is 0 Å². The van der Waals surface area contributed by atoms with Crippen molar-refractivity contribution in [2.24, 2.45) is 0 Å². The average molecular weight is 1110 g/mol. The SMILES string of the molecule is CC/C=C\C/C=C\C/C=C\C/C=C\C/C=C\CCCC(=O)OC(COC(=O)CCCCCCCCCCCCCCCCCCCCCCCCCC/C=C\C/C=C\C/C=C\C/C=C\CC)COP(=O)(O)OCC[N+](C)(C)C. The van der Waals surface area contributed by atoms with Gasteiger partial charge in [-0.15, -0.1) is 0 Å². The zero-order valence-corrected chi connectivity index (χ0v) is 51.8. The molecular weight excluding hydrogens is 990 g/mol. The summed E-state index contributed by atoms with van der Waals surface area (Å²) in [6, 6.07) is 0. The molecule has 9 nitrogen and oxygen atoms in total. The Morgan fingerprint density at radius 3 is 1.06 bits per heavy atom. The van der Waals surface area contributed by atoms with Crippen LogP contribution in [0.5, 0.6) is 0 Å². The van der Waals surface area contributed by atoms with Gasteiger partial charge in [-0.1, -0.05) is 264 Å². The van der Waals surface area contributed by atoms with Crippen molar-refractivity contribution in [1.29, 1.82) is 0 Å². The van der Waals surface area contributed by atoms with E-state index in [1.54, 1.807) is 0 Å². The maximum Gasteiger partial charge on any atom is 0.472 e. The highest BCUT2D eigenvalue weighted by molar-refractivity contribution is 7.47. The van der Waals surface area contributed by atoms with Crippen LogP contribution in [0.4, 0.5) is 0 Å². The van der Waals surface area contributed by atoms with Crippen molar-refractivity contribution < 1.29 is 42.1 Å². The van der Waals surface area contributed by atoms with E-state index >= 15 is 0 Å². The number of unbranched alkanes of at least 4 members (excludes halogenated alkanes) is 25. The van der Waals surface area contributed by atoms with Gasteiger partial charge in [0.05, 0.1) is 27.7 Å². The number of hydrogen-bond acceptors (Lipinski definition) is 7. The lowest BCUT2D eigenvalue weighted by atomic mass is 10.0. The summed E-state index contributed by atoms with van der Waals surface area (Å²) in [5, 5.41) is 0. The Balaban J connectivity index is 3.99. The molecule has 0 saturated carbocycles. The fourth-order valence-electron chi connectivity index (χ4n) is 8.51. The second-order valence-corrected chi connectivity index (χ2v) is 23.5. The van der Waals surface area contributed by atoms with E-state index < -0.39 is 26.5 Å². The number of allylic oxidation sites excluding steroid dienone is 18. The fraction of sp³-hybridized carbons (Fsp3) is 0.706. The van der Waals surface area contributed by atoms with Crippen LogP contribution in [0.3, 0.4) is 0 Å². The monoisotopic (exact) mass is 1110 g/mol. The predicted octanol–water partition coefficient (Wildman–Crippen LogP) is 20.2. The number of rotatable bonds is 57. The van der Waals surface area contributed by atoms with Crippen molar-refractivity contribution in [3.05, 3.63) is 109 Å². The second kappa shape index (κ2) is 58.3. The Labute approximate surface area is 480 Å². The summed E-state index contributed by atoms with van der Waals surface area (Å²) in [6.45, 7) is 4.15. The summed E-state index contributed by atoms with van der Waals surface area (Å²) in [4.78, 5) is 35.7. The van der Waals surface area contributed by atoms with E-state index in [1.165, 1.54) is 141 Å². The van der Waals surface area contributed by atoms with Crippen molar-refractivity contribution >= 4 is 19.8 Å². The van der Waals surface area contributed by atoms with Crippen molar-refractivity contribution in [2.75, 3.05) is 47.5 Å². The summed E-state index contributed by atoms with van der Waals surface area (Å²) >= 11 is 0. The van der Waals surface area contributed by atoms with Gasteiger partial charge in [0, 0.05) is 12.8 Å². The van der Waals surface area contributed by atoms with Gasteiger partial charge in [0.25, 0.3) is 0 Å². The van der Waals surface area contributed by atoms with Gasteiger partial charge < -0.3 is 18.9 Å². The van der Waals surface area contributed by atoms with E-state index in [1.807, 2.05) is 27.2 Å². The highest BCUT2D eigenvalue weighted by Crippen LogP contribution is 2.43. The lowest BCUT2D eigenvalue weighted by Crippen LogP contribution is -2.37. The molecule has 0 heterocycles. The lowest BCUT2D eigenvalue weighted by molar-refractivity contribution is -0.870. The zero-order valence-electron chi connectivity index (χ0n) is 50.9. The first-order valence-corrected chi connectivity index (χ1v) is 33.1. The molecule has 0 radical (unpaired) electrons. The van der Waals surface area contributed by atoms with Gasteiger partial charge in [-0.2, -0.15) is 0 Å². The summed E-state index contributed by atoms with van der Waals surface area (Å²) in [6.07, 6.45) is 82.1. The molecule has 0 aliphatic heterocycles. The molecule has 0 aliphatic carbocycles. The van der Waals surface area contributed by atoms with Crippen molar-refractivity contribution in [1.82, 2.24) is 0 Å². The Hall–Kier alpha value is -3.33. The molecule has 0 aromatic heterocycles. The molecule has 448 valence electrons. The molecule has 0 aromatic carbocycles. The first-order valence-electron chi connectivity index (χ1n) is 31.6. The van der Waals surface area contributed by atoms with Crippen molar-refractivity contribution in [3.63, 3.8) is 0 Å². The van der Waals surface area contributed by atoms with Crippen molar-refractivity contribution in [3.8, 4) is 0 Å². The smallest absolute Gasteiger partial charge is 0.462 e. The van der Waals surface area contributed by atoms with Gasteiger partial charge in [0.1, 0.15) is 19.8 Å². The highest BCUT2D eigenvalue weighted by atomic mass is 31.2. The number of phosphoric acid groups is 1. The van der Waals surface area contributed by atoms with E-state index in [4.69, 9.17) is 18.5 Å². The molecule has 0 bridgehead atoms. The Bertz CT molecular complexity index is 1680. The van der Waals surface area contributed by atoms with E-state index in [-0.39, 0.29) is 32.0 Å². The van der Waals surface area contributed by atoms with E-state index in [2.05, 4.69) is 117 Å². The zero-order chi connectivity index (χ0) is 57.0. The number of phosphoric ester groups is 1. The van der Waals surface area contributed by atoms with Gasteiger partial charge in [-0.05, 0) is 89.9 Å². The van der Waals surface area contributed by atoms with Crippen LogP contribution in [-0.2, 0) is 32.7 Å². The third kappa shape index (κ3) is 61.9. The van der Waals surface area contributed by atoms with Crippen LogP contribution in [0.1, 0.15) is 258 Å². The van der Waals surface area contributed by atoms with Crippen LogP contribution >= 0.6 is 7.82 Å². The van der Waals surface area contributed by atoms with Crippen LogP contribution in [0.25, 0.3) is 0 Å². The molecule has 0 spiro atoms. The van der Waals surface area contributed by atoms with E-state index in [9.17, 15) is 19.0 Å². The summed E-state index contributed by atoms with van der Waals surface area (Å²) in [7, 11) is 1.44. The highest BCUT2D eigenvalue weighted by Gasteiger charge is 2.27. The van der Waals surface area contributed by atoms with Crippen LogP contribution in [0.2, 0.25) is 0 Å². The van der Waals surface area contributed by atoms with Crippen LogP contribution in [0.15, 0.2) is 109 Å². The standard InChI is InChI=1S/C68H118NO8P/c1-6-8-10-12-14-16-18-20-22-24-25-26-27-28-29-30-31-32-33-34-35-36-37-38-39-40-41-42-43-45-46-48-50-52-54-56-58-60-67(70)74-64-66(65-76-78(72,73)75-63-62-69(3,4)5)77-68(71)61-59-57-55-53-51-49-47-44-23-21-19-17-15-13-11-9-7-2/h8-11,14-17,20-23,25-26,47,49,53,55,66H,6-7,12-13,18-19,24,27-46,48,50-52,54,56-65H2,1-5H3/p+1/b10-8-,11-9-,16-14-,17-15-,22-20-,23-21-,26-25-,49-47-,55-53-. The van der Waals surface area contributed by atoms with E-state index in [0.29, 0.717) is 23.9 Å². The topological polar surface area (TPSA) is 108 Å². The van der Waals surface area contributed by atoms with Gasteiger partial charge in [0.15, 0.2) is 6.10 Å². The molecule has 1 N–H and O–H groups in total. The Morgan fingerprint density at radius 2 is 0.705 bits per heavy atom. The quantitative estimate of drug-likeness (QED) is 0.0211. The third-order valence-corrected chi connectivity index (χ3v) is 14.3. The molecule has 0 rings (SSSR count). The van der Waals surface area contributed by atoms with Gasteiger partial charge in [0.2, 0.25) is 0 Å². The summed E-state index contributed by atoms with van der Waals surface area (Å²) in [5.74, 6) is -0.863. The maximum absolute atomic E-state index is 12.8. The molecule has 0 fully saturated rings. The average Bonchev–Trinajstić information content (AvgIpc) is 3.40. The number of hydrogen-bond donors (Lipinski definition) is 1. The number of quaternary nitrogens is 1. The lowest BCUT2D eigenvalue weighted by Gasteiger charge is -2.24. The minimum atomic E-state index is -4.41. The summed E-state index contributed by atoms with van der Waals surface area (Å²) < 4.78 is 34.5. The Morgan fingerprint density at radius 1 is 0.397 bits per heavy atom. The normalized spacial score (nSPS) is 14.0. The van der Waals surface area contributed by atoms with Crippen molar-refractivity contribution in [2.45, 2.75) is 264 Å². The summed E-state index contributed by atoms with van der Waals surface area (Å²) in [5.41, 5.74) is 0. The molecule has 78 heavy (non-hydrogen) atoms. The number of carbonyl (C=O) groups is 2. The largest absolute Gasteiger partial charge is 0.472 e.